The van der Waals surface area contributed by atoms with E-state index < -0.39 is 0 Å². The fraction of sp³-hybridized carbons (Fsp3) is 0.200. The van der Waals surface area contributed by atoms with E-state index in [1.54, 1.807) is 7.11 Å². The molecule has 2 rings (SSSR count). The van der Waals surface area contributed by atoms with E-state index in [-0.39, 0.29) is 13.4 Å². The average molecular weight is 244 g/mol. The van der Waals surface area contributed by atoms with Crippen LogP contribution in [0.1, 0.15) is 5.56 Å². The number of aliphatic hydroxyl groups excluding tert-OH is 1. The van der Waals surface area contributed by atoms with Crippen LogP contribution in [-0.4, -0.2) is 19.0 Å². The molecule has 3 nitrogen and oxygen atoms in total. The van der Waals surface area contributed by atoms with Gasteiger partial charge in [0, 0.05) is 12.7 Å². The highest BCUT2D eigenvalue weighted by molar-refractivity contribution is 5.70. The highest BCUT2D eigenvalue weighted by Crippen LogP contribution is 2.29. The zero-order valence-corrected chi connectivity index (χ0v) is 10.3. The lowest BCUT2D eigenvalue weighted by atomic mass is 10.0. The minimum atomic E-state index is 0.0576. The standard InChI is InChI=1S/C15H16O3/c1-17-11-18-15-5-3-2-4-14(15)13-8-6-12(10-16)7-9-13/h2-9,16H,10-11H2,1H3. The van der Waals surface area contributed by atoms with Crippen molar-refractivity contribution in [2.45, 2.75) is 6.61 Å². The fourth-order valence-electron chi connectivity index (χ4n) is 1.74. The van der Waals surface area contributed by atoms with E-state index in [4.69, 9.17) is 14.6 Å². The molecule has 0 unspecified atom stereocenters. The lowest BCUT2D eigenvalue weighted by Gasteiger charge is -2.11. The maximum atomic E-state index is 9.03. The van der Waals surface area contributed by atoms with Crippen LogP contribution >= 0.6 is 0 Å². The van der Waals surface area contributed by atoms with Crippen molar-refractivity contribution < 1.29 is 14.6 Å². The van der Waals surface area contributed by atoms with Crippen LogP contribution in [0, 0.1) is 0 Å². The molecule has 0 fully saturated rings. The predicted octanol–water partition coefficient (Wildman–Crippen LogP) is 2.83. The quantitative estimate of drug-likeness (QED) is 0.822. The normalized spacial score (nSPS) is 10.3. The largest absolute Gasteiger partial charge is 0.467 e. The van der Waals surface area contributed by atoms with E-state index in [1.807, 2.05) is 48.5 Å². The third-order valence-electron chi connectivity index (χ3n) is 2.67. The number of benzene rings is 2. The van der Waals surface area contributed by atoms with Crippen LogP contribution < -0.4 is 4.74 Å². The monoisotopic (exact) mass is 244 g/mol. The third kappa shape index (κ3) is 2.88. The van der Waals surface area contributed by atoms with Gasteiger partial charge in [0.1, 0.15) is 5.75 Å². The number of para-hydroxylation sites is 1. The number of rotatable bonds is 5. The summed E-state index contributed by atoms with van der Waals surface area (Å²) in [7, 11) is 1.60. The van der Waals surface area contributed by atoms with E-state index in [1.165, 1.54) is 0 Å². The second-order valence-electron chi connectivity index (χ2n) is 3.90. The number of methoxy groups -OCH3 is 1. The summed E-state index contributed by atoms with van der Waals surface area (Å²) in [6, 6.07) is 15.6. The molecule has 0 saturated heterocycles. The number of aliphatic hydroxyl groups is 1. The summed E-state index contributed by atoms with van der Waals surface area (Å²) in [6.07, 6.45) is 0. The summed E-state index contributed by atoms with van der Waals surface area (Å²) in [4.78, 5) is 0. The molecule has 94 valence electrons. The van der Waals surface area contributed by atoms with Crippen LogP contribution in [0.2, 0.25) is 0 Å². The van der Waals surface area contributed by atoms with E-state index in [0.29, 0.717) is 0 Å². The zero-order valence-electron chi connectivity index (χ0n) is 10.3. The first-order chi connectivity index (χ1) is 8.85. The van der Waals surface area contributed by atoms with Gasteiger partial charge in [-0.25, -0.2) is 0 Å². The summed E-state index contributed by atoms with van der Waals surface area (Å²) in [5, 5.41) is 9.03. The predicted molar refractivity (Wildman–Crippen MR) is 70.3 cm³/mol. The molecule has 2 aromatic rings. The molecule has 0 spiro atoms. The molecule has 2 aromatic carbocycles. The van der Waals surface area contributed by atoms with Gasteiger partial charge < -0.3 is 14.6 Å². The summed E-state index contributed by atoms with van der Waals surface area (Å²) in [5.41, 5.74) is 2.96. The molecule has 0 amide bonds. The van der Waals surface area contributed by atoms with Crippen LogP contribution in [0.25, 0.3) is 11.1 Å². The molecule has 18 heavy (non-hydrogen) atoms. The van der Waals surface area contributed by atoms with E-state index >= 15 is 0 Å². The van der Waals surface area contributed by atoms with Crippen molar-refractivity contribution in [1.82, 2.24) is 0 Å². The molecule has 0 atom stereocenters. The number of hydrogen-bond acceptors (Lipinski definition) is 3. The van der Waals surface area contributed by atoms with E-state index in [0.717, 1.165) is 22.4 Å². The second-order valence-corrected chi connectivity index (χ2v) is 3.90. The summed E-state index contributed by atoms with van der Waals surface area (Å²) in [5.74, 6) is 0.788. The Morgan fingerprint density at radius 1 is 1.00 bits per heavy atom. The summed E-state index contributed by atoms with van der Waals surface area (Å²) >= 11 is 0. The highest BCUT2D eigenvalue weighted by Gasteiger charge is 2.05. The molecule has 0 radical (unpaired) electrons. The first kappa shape index (κ1) is 12.6. The zero-order chi connectivity index (χ0) is 12.8. The molecule has 0 heterocycles. The van der Waals surface area contributed by atoms with Gasteiger partial charge >= 0.3 is 0 Å². The Morgan fingerprint density at radius 3 is 2.39 bits per heavy atom. The summed E-state index contributed by atoms with van der Waals surface area (Å²) in [6.45, 7) is 0.286. The molecular weight excluding hydrogens is 228 g/mol. The van der Waals surface area contributed by atoms with Crippen molar-refractivity contribution >= 4 is 0 Å². The highest BCUT2D eigenvalue weighted by atomic mass is 16.7. The lowest BCUT2D eigenvalue weighted by molar-refractivity contribution is 0.0515. The Labute approximate surface area is 107 Å². The third-order valence-corrected chi connectivity index (χ3v) is 2.67. The van der Waals surface area contributed by atoms with Gasteiger partial charge in [0.05, 0.1) is 6.61 Å². The van der Waals surface area contributed by atoms with Gasteiger partial charge in [-0.1, -0.05) is 42.5 Å². The van der Waals surface area contributed by atoms with Gasteiger partial charge in [0.15, 0.2) is 6.79 Å². The fourth-order valence-corrected chi connectivity index (χ4v) is 1.74. The molecular formula is C15H16O3. The maximum Gasteiger partial charge on any atom is 0.188 e. The van der Waals surface area contributed by atoms with Gasteiger partial charge in [0.2, 0.25) is 0 Å². The van der Waals surface area contributed by atoms with Crippen LogP contribution in [0.4, 0.5) is 0 Å². The molecule has 0 bridgehead atoms. The van der Waals surface area contributed by atoms with Crippen LogP contribution in [0.15, 0.2) is 48.5 Å². The van der Waals surface area contributed by atoms with Gasteiger partial charge in [-0.3, -0.25) is 0 Å². The Bertz CT molecular complexity index is 491. The van der Waals surface area contributed by atoms with Gasteiger partial charge in [-0.05, 0) is 17.2 Å². The first-order valence-corrected chi connectivity index (χ1v) is 5.76. The van der Waals surface area contributed by atoms with E-state index in [2.05, 4.69) is 0 Å². The van der Waals surface area contributed by atoms with Crippen LogP contribution in [-0.2, 0) is 11.3 Å². The van der Waals surface area contributed by atoms with E-state index in [9.17, 15) is 0 Å². The molecule has 0 aliphatic carbocycles. The van der Waals surface area contributed by atoms with Crippen molar-refractivity contribution in [2.75, 3.05) is 13.9 Å². The smallest absolute Gasteiger partial charge is 0.188 e. The SMILES string of the molecule is COCOc1ccccc1-c1ccc(CO)cc1. The van der Waals surface area contributed by atoms with Crippen molar-refractivity contribution in [2.24, 2.45) is 0 Å². The summed E-state index contributed by atoms with van der Waals surface area (Å²) < 4.78 is 10.4. The maximum absolute atomic E-state index is 9.03. The minimum absolute atomic E-state index is 0.0576. The Hall–Kier alpha value is -1.84. The van der Waals surface area contributed by atoms with Crippen molar-refractivity contribution in [3.05, 3.63) is 54.1 Å². The average Bonchev–Trinajstić information content (AvgIpc) is 2.45. The second kappa shape index (κ2) is 6.19. The first-order valence-electron chi connectivity index (χ1n) is 5.76. The van der Waals surface area contributed by atoms with Gasteiger partial charge in [-0.2, -0.15) is 0 Å². The van der Waals surface area contributed by atoms with Crippen LogP contribution in [0.3, 0.4) is 0 Å². The van der Waals surface area contributed by atoms with Gasteiger partial charge in [0.25, 0.3) is 0 Å². The molecule has 1 N–H and O–H groups in total. The Morgan fingerprint density at radius 2 is 1.72 bits per heavy atom. The lowest BCUT2D eigenvalue weighted by Crippen LogP contribution is -2.00. The van der Waals surface area contributed by atoms with Crippen LogP contribution in [0.5, 0.6) is 5.75 Å². The molecule has 0 saturated carbocycles. The Kier molecular flexibility index (Phi) is 4.34. The molecule has 3 heteroatoms. The number of ether oxygens (including phenoxy) is 2. The van der Waals surface area contributed by atoms with Crippen molar-refractivity contribution in [3.8, 4) is 16.9 Å². The molecule has 0 aliphatic heterocycles. The Balaban J connectivity index is 2.30. The van der Waals surface area contributed by atoms with Crippen molar-refractivity contribution in [1.29, 1.82) is 0 Å². The molecule has 0 aliphatic rings. The number of hydrogen-bond donors (Lipinski definition) is 1. The minimum Gasteiger partial charge on any atom is -0.467 e. The molecule has 0 aromatic heterocycles. The van der Waals surface area contributed by atoms with Crippen molar-refractivity contribution in [3.63, 3.8) is 0 Å². The van der Waals surface area contributed by atoms with Gasteiger partial charge in [-0.15, -0.1) is 0 Å². The topological polar surface area (TPSA) is 38.7 Å².